The Bertz CT molecular complexity index is 306. The van der Waals surface area contributed by atoms with Crippen LogP contribution in [0.2, 0.25) is 0 Å². The molecule has 0 aromatic carbocycles. The van der Waals surface area contributed by atoms with Gasteiger partial charge in [0, 0.05) is 0 Å². The molecule has 1 rings (SSSR count). The average Bonchev–Trinajstić information content (AvgIpc) is 2.86. The summed E-state index contributed by atoms with van der Waals surface area (Å²) in [5.41, 5.74) is 1.41. The summed E-state index contributed by atoms with van der Waals surface area (Å²) in [6.07, 6.45) is 8.97. The number of allylic oxidation sites excluding steroid dienone is 4. The van der Waals surface area contributed by atoms with Gasteiger partial charge in [0.2, 0.25) is 0 Å². The maximum atomic E-state index is 6.07. The summed E-state index contributed by atoms with van der Waals surface area (Å²) < 4.78 is 19.6. The monoisotopic (exact) mass is 346 g/mol. The van der Waals surface area contributed by atoms with Crippen LogP contribution >= 0.6 is 0 Å². The van der Waals surface area contributed by atoms with E-state index in [1.807, 2.05) is 20.8 Å². The second kappa shape index (κ2) is 9.23. The van der Waals surface area contributed by atoms with Gasteiger partial charge in [-0.15, -0.1) is 0 Å². The Hall–Kier alpha value is 0.243. The maximum absolute atomic E-state index is 6.07. The fourth-order valence-electron chi connectivity index (χ4n) is 2.43. The van der Waals surface area contributed by atoms with E-state index in [9.17, 15) is 0 Å². The Kier molecular flexibility index (Phi) is 8.40. The van der Waals surface area contributed by atoms with E-state index < -0.39 is 21.6 Å². The van der Waals surface area contributed by atoms with Crippen LogP contribution in [0.1, 0.15) is 53.4 Å². The fraction of sp³-hybridized carbons (Fsp3) is 0.733. The third kappa shape index (κ3) is 4.63. The van der Waals surface area contributed by atoms with Crippen molar-refractivity contribution in [2.24, 2.45) is 0 Å². The first-order chi connectivity index (χ1) is 9.24. The predicted molar refractivity (Wildman–Crippen MR) is 75.2 cm³/mol. The van der Waals surface area contributed by atoms with Crippen molar-refractivity contribution in [2.45, 2.75) is 53.4 Å². The van der Waals surface area contributed by atoms with Gasteiger partial charge in [0.05, 0.1) is 0 Å². The molecular formula is C15H28O3Zr. The topological polar surface area (TPSA) is 27.7 Å². The Morgan fingerprint density at radius 2 is 1.58 bits per heavy atom. The summed E-state index contributed by atoms with van der Waals surface area (Å²) in [5, 5.41) is 0. The zero-order valence-electron chi connectivity index (χ0n) is 12.8. The number of unbranched alkanes of at least 4 members (excludes halogenated alkanes) is 1. The van der Waals surface area contributed by atoms with Crippen LogP contribution in [0.5, 0.6) is 0 Å². The van der Waals surface area contributed by atoms with Gasteiger partial charge in [-0.3, -0.25) is 0 Å². The van der Waals surface area contributed by atoms with Crippen LogP contribution in [0.15, 0.2) is 21.0 Å². The molecule has 0 spiro atoms. The molecule has 0 radical (unpaired) electrons. The standard InChI is InChI=1S/C9H13.3C2H5O.Zr/c1-2-3-6-9-7-4-5-8-9;3*1-2-3;/h4,7H,2-3,5-6H2,1H3;3*2H2,1H3;/q;3*-1;+3. The third-order valence-corrected chi connectivity index (χ3v) is 11.2. The zero-order chi connectivity index (χ0) is 14.1. The van der Waals surface area contributed by atoms with Crippen molar-refractivity contribution in [1.29, 1.82) is 0 Å². The van der Waals surface area contributed by atoms with Gasteiger partial charge >= 0.3 is 124 Å². The summed E-state index contributed by atoms with van der Waals surface area (Å²) in [5.74, 6) is 0. The van der Waals surface area contributed by atoms with Gasteiger partial charge in [0.25, 0.3) is 0 Å². The van der Waals surface area contributed by atoms with Crippen molar-refractivity contribution in [3.05, 3.63) is 21.0 Å². The molecule has 0 unspecified atom stereocenters. The molecule has 110 valence electrons. The van der Waals surface area contributed by atoms with E-state index in [2.05, 4.69) is 19.1 Å². The zero-order valence-corrected chi connectivity index (χ0v) is 15.3. The normalized spacial score (nSPS) is 15.6. The van der Waals surface area contributed by atoms with Crippen molar-refractivity contribution in [1.82, 2.24) is 0 Å². The molecule has 19 heavy (non-hydrogen) atoms. The Balaban J connectivity index is 2.99. The van der Waals surface area contributed by atoms with Gasteiger partial charge in [0.15, 0.2) is 0 Å². The van der Waals surface area contributed by atoms with Gasteiger partial charge in [0.1, 0.15) is 0 Å². The quantitative estimate of drug-likeness (QED) is 0.586. The van der Waals surface area contributed by atoms with Crippen LogP contribution in [-0.4, -0.2) is 19.8 Å². The van der Waals surface area contributed by atoms with Crippen molar-refractivity contribution in [2.75, 3.05) is 19.8 Å². The minimum atomic E-state index is -3.52. The van der Waals surface area contributed by atoms with Gasteiger partial charge in [-0.25, -0.2) is 0 Å². The second-order valence-corrected chi connectivity index (χ2v) is 10.9. The molecule has 0 aromatic rings. The molecule has 0 bridgehead atoms. The van der Waals surface area contributed by atoms with Crippen LogP contribution in [0.3, 0.4) is 0 Å². The van der Waals surface area contributed by atoms with E-state index in [-0.39, 0.29) is 0 Å². The van der Waals surface area contributed by atoms with Crippen LogP contribution in [-0.2, 0) is 30.0 Å². The molecule has 0 fully saturated rings. The molecule has 1 aliphatic carbocycles. The molecule has 0 heterocycles. The first-order valence-electron chi connectivity index (χ1n) is 7.54. The predicted octanol–water partition coefficient (Wildman–Crippen LogP) is 4.40. The molecule has 0 atom stereocenters. The van der Waals surface area contributed by atoms with Crippen LogP contribution in [0, 0.1) is 0 Å². The van der Waals surface area contributed by atoms with E-state index in [1.54, 1.807) is 0 Å². The number of hydrogen-bond donors (Lipinski definition) is 0. The molecule has 4 heteroatoms. The van der Waals surface area contributed by atoms with E-state index in [0.29, 0.717) is 19.8 Å². The summed E-state index contributed by atoms with van der Waals surface area (Å²) in [6.45, 7) is 10.3. The van der Waals surface area contributed by atoms with Gasteiger partial charge < -0.3 is 0 Å². The van der Waals surface area contributed by atoms with Crippen LogP contribution < -0.4 is 0 Å². The average molecular weight is 348 g/mol. The Morgan fingerprint density at radius 3 is 2.05 bits per heavy atom. The molecule has 0 saturated carbocycles. The van der Waals surface area contributed by atoms with Gasteiger partial charge in [-0.1, -0.05) is 0 Å². The third-order valence-electron chi connectivity index (χ3n) is 3.20. The van der Waals surface area contributed by atoms with Gasteiger partial charge in [-0.2, -0.15) is 0 Å². The molecule has 0 N–H and O–H groups in total. The minimum absolute atomic E-state index is 0.667. The summed E-state index contributed by atoms with van der Waals surface area (Å²) in [6, 6.07) is 0. The fourth-order valence-corrected chi connectivity index (χ4v) is 9.51. The van der Waals surface area contributed by atoms with E-state index >= 15 is 0 Å². The molecule has 0 saturated heterocycles. The van der Waals surface area contributed by atoms with Crippen molar-refractivity contribution in [3.63, 3.8) is 0 Å². The van der Waals surface area contributed by atoms with Crippen molar-refractivity contribution < 1.29 is 30.0 Å². The molecule has 0 aliphatic heterocycles. The van der Waals surface area contributed by atoms with Crippen molar-refractivity contribution >= 4 is 0 Å². The molecule has 0 amide bonds. The summed E-state index contributed by atoms with van der Waals surface area (Å²) >= 11 is -3.52. The SMILES string of the molecule is CCCCC1=[C]([Zr]([O]CC)([O]CC)[O]CC)CC=C1. The molecule has 1 aliphatic rings. The molecule has 3 nitrogen and oxygen atoms in total. The Labute approximate surface area is 124 Å². The van der Waals surface area contributed by atoms with Crippen molar-refractivity contribution in [3.8, 4) is 0 Å². The molecular weight excluding hydrogens is 319 g/mol. The Morgan fingerprint density at radius 1 is 1.00 bits per heavy atom. The molecule has 0 aromatic heterocycles. The van der Waals surface area contributed by atoms with Gasteiger partial charge in [-0.05, 0) is 0 Å². The van der Waals surface area contributed by atoms with E-state index in [0.717, 1.165) is 12.8 Å². The van der Waals surface area contributed by atoms with E-state index in [1.165, 1.54) is 21.7 Å². The first-order valence-corrected chi connectivity index (χ1v) is 11.8. The second-order valence-electron chi connectivity index (χ2n) is 4.57. The van der Waals surface area contributed by atoms with Crippen LogP contribution in [0.25, 0.3) is 0 Å². The number of hydrogen-bond acceptors (Lipinski definition) is 3. The number of rotatable bonds is 10. The first kappa shape index (κ1) is 17.3. The van der Waals surface area contributed by atoms with Crippen LogP contribution in [0.4, 0.5) is 0 Å². The van der Waals surface area contributed by atoms with E-state index in [4.69, 9.17) is 8.44 Å². The summed E-state index contributed by atoms with van der Waals surface area (Å²) in [7, 11) is 0. The summed E-state index contributed by atoms with van der Waals surface area (Å²) in [4.78, 5) is 0.